The van der Waals surface area contributed by atoms with Crippen molar-refractivity contribution < 1.29 is 38.2 Å². The highest BCUT2D eigenvalue weighted by atomic mass is 16.6. The molecule has 0 radical (unpaired) electrons. The topological polar surface area (TPSA) is 141 Å². The number of amides is 1. The number of aliphatic carboxylic acids is 1. The molecule has 1 amide bonds. The van der Waals surface area contributed by atoms with Gasteiger partial charge in [-0.2, -0.15) is 4.98 Å². The molecule has 0 unspecified atom stereocenters. The van der Waals surface area contributed by atoms with Crippen LogP contribution in [0.4, 0.5) is 5.69 Å². The van der Waals surface area contributed by atoms with Gasteiger partial charge in [-0.1, -0.05) is 11.2 Å². The number of carboxylic acids is 1. The number of esters is 1. The lowest BCUT2D eigenvalue weighted by atomic mass is 10.1. The average molecular weight is 507 g/mol. The highest BCUT2D eigenvalue weighted by Crippen LogP contribution is 2.44. The van der Waals surface area contributed by atoms with E-state index in [9.17, 15) is 14.4 Å². The number of carboxylic acid groups (broad SMARTS) is 1. The fraction of sp³-hybridized carbons (Fsp3) is 0.346. The maximum Gasteiger partial charge on any atom is 0.341 e. The van der Waals surface area contributed by atoms with E-state index in [-0.39, 0.29) is 28.7 Å². The fourth-order valence-corrected chi connectivity index (χ4v) is 3.89. The van der Waals surface area contributed by atoms with Gasteiger partial charge in [0.15, 0.2) is 12.4 Å². The number of aromatic nitrogens is 2. The van der Waals surface area contributed by atoms with Crippen molar-refractivity contribution in [2.45, 2.75) is 45.1 Å². The predicted octanol–water partition coefficient (Wildman–Crippen LogP) is 4.17. The predicted molar refractivity (Wildman–Crippen MR) is 129 cm³/mol. The number of hydrogen-bond acceptors (Lipinski definition) is 9. The summed E-state index contributed by atoms with van der Waals surface area (Å²) in [5.41, 5.74) is 0.0606. The maximum absolute atomic E-state index is 13.9. The highest BCUT2D eigenvalue weighted by Gasteiger charge is 2.35. The van der Waals surface area contributed by atoms with Crippen LogP contribution in [0.15, 0.2) is 40.9 Å². The summed E-state index contributed by atoms with van der Waals surface area (Å²) >= 11 is 0. The van der Waals surface area contributed by atoms with Crippen LogP contribution < -0.4 is 14.4 Å². The van der Waals surface area contributed by atoms with Gasteiger partial charge in [-0.25, -0.2) is 4.79 Å². The molecule has 0 saturated heterocycles. The van der Waals surface area contributed by atoms with Crippen LogP contribution in [0.3, 0.4) is 0 Å². The Bertz CT molecular complexity index is 1390. The van der Waals surface area contributed by atoms with Crippen molar-refractivity contribution >= 4 is 23.5 Å². The summed E-state index contributed by atoms with van der Waals surface area (Å²) < 4.78 is 22.3. The van der Waals surface area contributed by atoms with E-state index in [0.29, 0.717) is 23.0 Å². The first kappa shape index (κ1) is 24.3. The summed E-state index contributed by atoms with van der Waals surface area (Å²) in [7, 11) is 0. The van der Waals surface area contributed by atoms with Crippen LogP contribution in [0.1, 0.15) is 55.8 Å². The second-order valence-corrected chi connectivity index (χ2v) is 9.80. The number of carbonyl (C=O) groups is 3. The zero-order chi connectivity index (χ0) is 26.3. The Hall–Kier alpha value is -4.41. The molecule has 0 atom stereocenters. The number of benzene rings is 2. The molecule has 11 heteroatoms. The monoisotopic (exact) mass is 507 g/mol. The first-order valence-electron chi connectivity index (χ1n) is 11.8. The molecule has 1 N–H and O–H groups in total. The molecule has 5 rings (SSSR count). The van der Waals surface area contributed by atoms with Crippen molar-refractivity contribution in [2.75, 3.05) is 18.1 Å². The van der Waals surface area contributed by atoms with E-state index in [1.165, 1.54) is 11.0 Å². The third-order valence-electron chi connectivity index (χ3n) is 5.60. The van der Waals surface area contributed by atoms with Gasteiger partial charge in [0.1, 0.15) is 29.2 Å². The van der Waals surface area contributed by atoms with E-state index in [4.69, 9.17) is 23.8 Å². The van der Waals surface area contributed by atoms with Crippen molar-refractivity contribution in [2.24, 2.45) is 0 Å². The van der Waals surface area contributed by atoms with Crippen LogP contribution >= 0.6 is 0 Å². The minimum absolute atomic E-state index is 0.0133. The van der Waals surface area contributed by atoms with Gasteiger partial charge < -0.3 is 23.8 Å². The lowest BCUT2D eigenvalue weighted by Gasteiger charge is -2.25. The molecular weight excluding hydrogens is 482 g/mol. The lowest BCUT2D eigenvalue weighted by molar-refractivity contribution is -0.152. The van der Waals surface area contributed by atoms with Crippen LogP contribution in [0, 0.1) is 0 Å². The van der Waals surface area contributed by atoms with Crippen LogP contribution in [0.2, 0.25) is 0 Å². The molecule has 2 heterocycles. The van der Waals surface area contributed by atoms with Crippen molar-refractivity contribution in [1.82, 2.24) is 10.1 Å². The van der Waals surface area contributed by atoms with Gasteiger partial charge in [0.25, 0.3) is 5.91 Å². The van der Waals surface area contributed by atoms with Gasteiger partial charge in [0, 0.05) is 11.5 Å². The summed E-state index contributed by atoms with van der Waals surface area (Å²) in [4.78, 5) is 43.5. The molecule has 1 aliphatic heterocycles. The zero-order valence-electron chi connectivity index (χ0n) is 20.5. The summed E-state index contributed by atoms with van der Waals surface area (Å²) in [5.74, 6) is -0.816. The number of anilines is 1. The molecule has 192 valence electrons. The molecule has 1 fully saturated rings. The third-order valence-corrected chi connectivity index (χ3v) is 5.60. The van der Waals surface area contributed by atoms with Crippen molar-refractivity contribution in [3.05, 3.63) is 47.9 Å². The Morgan fingerprint density at radius 1 is 1.16 bits per heavy atom. The molecule has 2 aliphatic rings. The average Bonchev–Trinajstić information content (AvgIpc) is 3.58. The van der Waals surface area contributed by atoms with Gasteiger partial charge in [0.2, 0.25) is 11.7 Å². The summed E-state index contributed by atoms with van der Waals surface area (Å²) in [6.45, 7) is 4.09. The first-order chi connectivity index (χ1) is 17.6. The number of hydrogen-bond donors (Lipinski definition) is 1. The van der Waals surface area contributed by atoms with Crippen LogP contribution in [-0.2, 0) is 14.3 Å². The molecular formula is C26H25N3O8. The van der Waals surface area contributed by atoms with Crippen LogP contribution in [0.5, 0.6) is 17.2 Å². The Morgan fingerprint density at radius 3 is 2.65 bits per heavy atom. The van der Waals surface area contributed by atoms with Gasteiger partial charge in [0.05, 0.1) is 5.69 Å². The third kappa shape index (κ3) is 5.25. The quantitative estimate of drug-likeness (QED) is 0.463. The number of fused-ring (bicyclic) bond motifs is 2. The second-order valence-electron chi connectivity index (χ2n) is 9.80. The van der Waals surface area contributed by atoms with E-state index >= 15 is 0 Å². The molecule has 37 heavy (non-hydrogen) atoms. The normalized spacial score (nSPS) is 14.8. The van der Waals surface area contributed by atoms with Gasteiger partial charge in [-0.05, 0) is 63.9 Å². The molecule has 3 aromatic rings. The second kappa shape index (κ2) is 9.23. The summed E-state index contributed by atoms with van der Waals surface area (Å²) in [5, 5.41) is 13.1. The van der Waals surface area contributed by atoms with Crippen LogP contribution in [-0.4, -0.2) is 51.8 Å². The van der Waals surface area contributed by atoms with Gasteiger partial charge >= 0.3 is 11.9 Å². The molecule has 1 aliphatic carbocycles. The summed E-state index contributed by atoms with van der Waals surface area (Å²) in [6, 6.07) is 9.63. The largest absolute Gasteiger partial charge is 0.481 e. The van der Waals surface area contributed by atoms with E-state index in [2.05, 4.69) is 10.1 Å². The molecule has 0 bridgehead atoms. The SMILES string of the molecule is CC(C)(C)OC(=O)CN1C(=O)c2c(OCC(=O)O)cccc2Oc2ccc(-c3noc(C4CC4)n3)cc21. The molecule has 2 aromatic carbocycles. The minimum Gasteiger partial charge on any atom is -0.481 e. The van der Waals surface area contributed by atoms with Crippen molar-refractivity contribution in [3.63, 3.8) is 0 Å². The maximum atomic E-state index is 13.9. The Kier molecular flexibility index (Phi) is 6.06. The number of rotatable bonds is 7. The van der Waals surface area contributed by atoms with Gasteiger partial charge in [-0.3, -0.25) is 14.5 Å². The molecule has 1 aromatic heterocycles. The molecule has 11 nitrogen and oxygen atoms in total. The van der Waals surface area contributed by atoms with Crippen LogP contribution in [0.25, 0.3) is 11.4 Å². The smallest absolute Gasteiger partial charge is 0.341 e. The standard InChI is InChI=1S/C26H25N3O8/c1-26(2,3)36-21(32)12-29-16-11-15(23-27-24(37-28-23)14-7-8-14)9-10-17(16)35-19-6-4-5-18(22(19)25(29)33)34-13-20(30)31/h4-6,9-11,14H,7-8,12-13H2,1-3H3,(H,30,31). The Labute approximate surface area is 211 Å². The minimum atomic E-state index is -1.20. The van der Waals surface area contributed by atoms with Crippen molar-refractivity contribution in [3.8, 4) is 28.6 Å². The Morgan fingerprint density at radius 2 is 1.95 bits per heavy atom. The number of nitrogens with zero attached hydrogens (tertiary/aromatic N) is 3. The molecule has 1 saturated carbocycles. The lowest BCUT2D eigenvalue weighted by Crippen LogP contribution is -2.38. The van der Waals surface area contributed by atoms with E-state index in [0.717, 1.165) is 12.8 Å². The Balaban J connectivity index is 1.57. The number of ether oxygens (including phenoxy) is 3. The van der Waals surface area contributed by atoms with Crippen molar-refractivity contribution in [1.29, 1.82) is 0 Å². The van der Waals surface area contributed by atoms with E-state index in [1.807, 2.05) is 0 Å². The van der Waals surface area contributed by atoms with Gasteiger partial charge in [-0.15, -0.1) is 0 Å². The first-order valence-corrected chi connectivity index (χ1v) is 11.8. The van der Waals surface area contributed by atoms with E-state index < -0.39 is 36.6 Å². The summed E-state index contributed by atoms with van der Waals surface area (Å²) in [6.07, 6.45) is 2.00. The zero-order valence-corrected chi connectivity index (χ0v) is 20.5. The highest BCUT2D eigenvalue weighted by molar-refractivity contribution is 6.13. The number of carbonyl (C=O) groups excluding carboxylic acids is 2. The fourth-order valence-electron chi connectivity index (χ4n) is 3.89. The molecule has 0 spiro atoms. The van der Waals surface area contributed by atoms with E-state index in [1.54, 1.807) is 51.1 Å².